The van der Waals surface area contributed by atoms with Crippen molar-refractivity contribution in [1.82, 2.24) is 10.1 Å². The molecule has 1 N–H and O–H groups in total. The van der Waals surface area contributed by atoms with E-state index in [1.165, 1.54) is 11.3 Å². The topological polar surface area (TPSA) is 77.2 Å². The predicted molar refractivity (Wildman–Crippen MR) is 109 cm³/mol. The van der Waals surface area contributed by atoms with E-state index in [0.717, 1.165) is 11.3 Å². The van der Waals surface area contributed by atoms with Gasteiger partial charge in [-0.25, -0.2) is 0 Å². The van der Waals surface area contributed by atoms with Crippen molar-refractivity contribution < 1.29 is 14.1 Å². The van der Waals surface area contributed by atoms with Crippen LogP contribution in [0.15, 0.2) is 70.6 Å². The first-order chi connectivity index (χ1) is 13.7. The first kappa shape index (κ1) is 17.9. The molecule has 2 heterocycles. The fourth-order valence-electron chi connectivity index (χ4n) is 2.66. The number of nitrogens with zero attached hydrogens (tertiary/aromatic N) is 2. The zero-order valence-corrected chi connectivity index (χ0v) is 15.9. The fourth-order valence-corrected chi connectivity index (χ4v) is 3.43. The number of aromatic nitrogens is 2. The molecule has 0 atom stereocenters. The standard InChI is InChI=1S/C21H17N3O3S/c1-2-26-16-10-8-15(9-11-16)20(25)22-17-12-13-28-18(17)21-23-19(24-27-21)14-6-4-3-5-7-14/h3-13H,2H2,1H3,(H,22,25). The lowest BCUT2D eigenvalue weighted by molar-refractivity contribution is 0.102. The molecule has 0 unspecified atom stereocenters. The van der Waals surface area contributed by atoms with Gasteiger partial charge in [-0.3, -0.25) is 4.79 Å². The summed E-state index contributed by atoms with van der Waals surface area (Å²) in [6, 6.07) is 18.4. The van der Waals surface area contributed by atoms with E-state index in [1.807, 2.05) is 48.7 Å². The monoisotopic (exact) mass is 391 g/mol. The molecule has 4 aromatic rings. The molecule has 0 bridgehead atoms. The molecule has 1 amide bonds. The van der Waals surface area contributed by atoms with Gasteiger partial charge in [-0.2, -0.15) is 4.98 Å². The lowest BCUT2D eigenvalue weighted by Crippen LogP contribution is -2.11. The van der Waals surface area contributed by atoms with E-state index in [2.05, 4.69) is 15.5 Å². The minimum absolute atomic E-state index is 0.217. The number of nitrogens with one attached hydrogen (secondary N) is 1. The van der Waals surface area contributed by atoms with Gasteiger partial charge in [0.25, 0.3) is 11.8 Å². The number of hydrogen-bond acceptors (Lipinski definition) is 6. The van der Waals surface area contributed by atoms with Gasteiger partial charge in [0.15, 0.2) is 0 Å². The summed E-state index contributed by atoms with van der Waals surface area (Å²) in [5, 5.41) is 8.82. The summed E-state index contributed by atoms with van der Waals surface area (Å²) in [6.07, 6.45) is 0. The SMILES string of the molecule is CCOc1ccc(C(=O)Nc2ccsc2-c2nc(-c3ccccc3)no2)cc1. The van der Waals surface area contributed by atoms with Crippen LogP contribution in [0.1, 0.15) is 17.3 Å². The smallest absolute Gasteiger partial charge is 0.270 e. The maximum absolute atomic E-state index is 12.6. The number of anilines is 1. The second-order valence-electron chi connectivity index (χ2n) is 5.86. The Kier molecular flexibility index (Phi) is 5.16. The van der Waals surface area contributed by atoms with Gasteiger partial charge < -0.3 is 14.6 Å². The molecule has 4 rings (SSSR count). The van der Waals surface area contributed by atoms with Crippen molar-refractivity contribution in [1.29, 1.82) is 0 Å². The highest BCUT2D eigenvalue weighted by Crippen LogP contribution is 2.34. The highest BCUT2D eigenvalue weighted by Gasteiger charge is 2.17. The fraction of sp³-hybridized carbons (Fsp3) is 0.0952. The second-order valence-corrected chi connectivity index (χ2v) is 6.78. The Morgan fingerprint density at radius 1 is 1.11 bits per heavy atom. The normalized spacial score (nSPS) is 10.6. The molecule has 0 saturated heterocycles. The molecule has 28 heavy (non-hydrogen) atoms. The minimum atomic E-state index is -0.217. The molecule has 0 aliphatic carbocycles. The quantitative estimate of drug-likeness (QED) is 0.494. The molecule has 0 spiro atoms. The van der Waals surface area contributed by atoms with Crippen LogP contribution in [0.4, 0.5) is 5.69 Å². The summed E-state index contributed by atoms with van der Waals surface area (Å²) >= 11 is 1.43. The molecule has 0 aliphatic rings. The highest BCUT2D eigenvalue weighted by atomic mass is 32.1. The van der Waals surface area contributed by atoms with Crippen molar-refractivity contribution >= 4 is 22.9 Å². The Labute approximate surface area is 165 Å². The number of amides is 1. The Morgan fingerprint density at radius 3 is 2.64 bits per heavy atom. The maximum Gasteiger partial charge on any atom is 0.270 e. The summed E-state index contributed by atoms with van der Waals surface area (Å²) in [7, 11) is 0. The van der Waals surface area contributed by atoms with Crippen LogP contribution in [-0.4, -0.2) is 22.7 Å². The summed E-state index contributed by atoms with van der Waals surface area (Å²) in [5.41, 5.74) is 2.04. The van der Waals surface area contributed by atoms with E-state index in [4.69, 9.17) is 9.26 Å². The van der Waals surface area contributed by atoms with Gasteiger partial charge in [0.2, 0.25) is 5.82 Å². The van der Waals surface area contributed by atoms with Gasteiger partial charge in [0.05, 0.1) is 12.3 Å². The number of rotatable bonds is 6. The average molecular weight is 391 g/mol. The Bertz CT molecular complexity index is 1070. The number of carbonyl (C=O) groups is 1. The average Bonchev–Trinajstić information content (AvgIpc) is 3.39. The van der Waals surface area contributed by atoms with Gasteiger partial charge in [-0.05, 0) is 42.6 Å². The second kappa shape index (κ2) is 8.06. The van der Waals surface area contributed by atoms with Gasteiger partial charge in [-0.1, -0.05) is 35.5 Å². The Hall–Kier alpha value is -3.45. The number of thiophene rings is 1. The molecule has 2 aromatic heterocycles. The summed E-state index contributed by atoms with van der Waals surface area (Å²) in [4.78, 5) is 17.8. The molecule has 7 heteroatoms. The van der Waals surface area contributed by atoms with Gasteiger partial charge in [0.1, 0.15) is 10.6 Å². The molecule has 0 fully saturated rings. The van der Waals surface area contributed by atoms with Crippen molar-refractivity contribution in [2.24, 2.45) is 0 Å². The third-order valence-corrected chi connectivity index (χ3v) is 4.90. The molecule has 0 saturated carbocycles. The van der Waals surface area contributed by atoms with E-state index >= 15 is 0 Å². The van der Waals surface area contributed by atoms with Gasteiger partial charge in [-0.15, -0.1) is 11.3 Å². The van der Waals surface area contributed by atoms with E-state index in [9.17, 15) is 4.79 Å². The first-order valence-corrected chi connectivity index (χ1v) is 9.64. The highest BCUT2D eigenvalue weighted by molar-refractivity contribution is 7.14. The first-order valence-electron chi connectivity index (χ1n) is 8.76. The summed E-state index contributed by atoms with van der Waals surface area (Å²) in [6.45, 7) is 2.50. The number of hydrogen-bond donors (Lipinski definition) is 1. The minimum Gasteiger partial charge on any atom is -0.494 e. The van der Waals surface area contributed by atoms with Crippen molar-refractivity contribution in [3.8, 4) is 27.9 Å². The molecule has 140 valence electrons. The van der Waals surface area contributed by atoms with Crippen LogP contribution in [-0.2, 0) is 0 Å². The molecule has 6 nitrogen and oxygen atoms in total. The van der Waals surface area contributed by atoms with Crippen LogP contribution >= 0.6 is 11.3 Å². The van der Waals surface area contributed by atoms with Crippen LogP contribution in [0, 0.1) is 0 Å². The van der Waals surface area contributed by atoms with E-state index in [1.54, 1.807) is 24.3 Å². The molecular weight excluding hydrogens is 374 g/mol. The zero-order chi connectivity index (χ0) is 19.3. The Balaban J connectivity index is 1.53. The zero-order valence-electron chi connectivity index (χ0n) is 15.1. The van der Waals surface area contributed by atoms with Crippen molar-refractivity contribution in [3.63, 3.8) is 0 Å². The molecule has 0 radical (unpaired) electrons. The van der Waals surface area contributed by atoms with Crippen molar-refractivity contribution in [2.45, 2.75) is 6.92 Å². The van der Waals surface area contributed by atoms with Crippen LogP contribution < -0.4 is 10.1 Å². The van der Waals surface area contributed by atoms with E-state index < -0.39 is 0 Å². The van der Waals surface area contributed by atoms with Crippen LogP contribution in [0.2, 0.25) is 0 Å². The summed E-state index contributed by atoms with van der Waals surface area (Å²) in [5.74, 6) is 1.39. The van der Waals surface area contributed by atoms with Crippen LogP contribution in [0.3, 0.4) is 0 Å². The van der Waals surface area contributed by atoms with Gasteiger partial charge >= 0.3 is 0 Å². The van der Waals surface area contributed by atoms with Gasteiger partial charge in [0, 0.05) is 11.1 Å². The number of ether oxygens (including phenoxy) is 1. The summed E-state index contributed by atoms with van der Waals surface area (Å²) < 4.78 is 10.8. The van der Waals surface area contributed by atoms with Crippen LogP contribution in [0.5, 0.6) is 5.75 Å². The third kappa shape index (κ3) is 3.79. The van der Waals surface area contributed by atoms with E-state index in [0.29, 0.717) is 34.4 Å². The van der Waals surface area contributed by atoms with E-state index in [-0.39, 0.29) is 5.91 Å². The van der Waals surface area contributed by atoms with Crippen molar-refractivity contribution in [2.75, 3.05) is 11.9 Å². The van der Waals surface area contributed by atoms with Crippen molar-refractivity contribution in [3.05, 3.63) is 71.6 Å². The molecule has 2 aromatic carbocycles. The largest absolute Gasteiger partial charge is 0.494 e. The predicted octanol–water partition coefficient (Wildman–Crippen LogP) is 5.12. The molecular formula is C21H17N3O3S. The number of benzene rings is 2. The molecule has 0 aliphatic heterocycles. The lowest BCUT2D eigenvalue weighted by Gasteiger charge is -2.06. The van der Waals surface area contributed by atoms with Crippen LogP contribution in [0.25, 0.3) is 22.2 Å². The third-order valence-electron chi connectivity index (χ3n) is 3.99. The maximum atomic E-state index is 12.6. The number of carbonyl (C=O) groups excluding carboxylic acids is 1. The lowest BCUT2D eigenvalue weighted by atomic mass is 10.2. The Morgan fingerprint density at radius 2 is 1.89 bits per heavy atom.